The van der Waals surface area contributed by atoms with Gasteiger partial charge in [-0.15, -0.1) is 0 Å². The van der Waals surface area contributed by atoms with Crippen LogP contribution in [0.2, 0.25) is 0 Å². The molecule has 19 heavy (non-hydrogen) atoms. The molecule has 1 heterocycles. The Morgan fingerprint density at radius 1 is 1.26 bits per heavy atom. The monoisotopic (exact) mass is 262 g/mol. The maximum atomic E-state index is 10.3. The molecule has 2 heteroatoms. The molecule has 2 rings (SSSR count). The Hall–Kier alpha value is -0.860. The summed E-state index contributed by atoms with van der Waals surface area (Å²) in [5.41, 5.74) is 2.69. The Balaban J connectivity index is 1.99. The molecule has 0 radical (unpaired) electrons. The molecule has 1 aliphatic heterocycles. The summed E-state index contributed by atoms with van der Waals surface area (Å²) in [6, 6.07) is 8.59. The van der Waals surface area contributed by atoms with Gasteiger partial charge in [0.2, 0.25) is 0 Å². The summed E-state index contributed by atoms with van der Waals surface area (Å²) in [5, 5.41) is 10.3. The Labute approximate surface area is 116 Å². The molecule has 1 aromatic carbocycles. The quantitative estimate of drug-likeness (QED) is 0.905. The van der Waals surface area contributed by atoms with Crippen LogP contribution in [0.1, 0.15) is 45.2 Å². The smallest absolute Gasteiger partial charge is 0.0863 e. The molecule has 1 aromatic rings. The fourth-order valence-corrected chi connectivity index (χ4v) is 2.71. The zero-order valence-corrected chi connectivity index (χ0v) is 12.5. The van der Waals surface area contributed by atoms with Gasteiger partial charge >= 0.3 is 0 Å². The molecular weight excluding hydrogens is 236 g/mol. The van der Waals surface area contributed by atoms with Gasteiger partial charge in [0.1, 0.15) is 0 Å². The summed E-state index contributed by atoms with van der Waals surface area (Å²) in [6.45, 7) is 9.58. The number of aliphatic hydroxyl groups is 1. The van der Waals surface area contributed by atoms with Crippen LogP contribution in [0.25, 0.3) is 0 Å². The van der Waals surface area contributed by atoms with Crippen LogP contribution in [0, 0.1) is 5.92 Å². The Kier molecular flexibility index (Phi) is 4.32. The van der Waals surface area contributed by atoms with E-state index in [9.17, 15) is 5.11 Å². The van der Waals surface area contributed by atoms with E-state index in [1.807, 2.05) is 0 Å². The zero-order valence-electron chi connectivity index (χ0n) is 12.5. The van der Waals surface area contributed by atoms with Gasteiger partial charge in [-0.1, -0.05) is 52.0 Å². The molecule has 1 fully saturated rings. The highest BCUT2D eigenvalue weighted by Gasteiger charge is 2.30. The fraction of sp³-hybridized carbons (Fsp3) is 0.647. The summed E-state index contributed by atoms with van der Waals surface area (Å²) in [4.78, 5) is 0. The minimum absolute atomic E-state index is 0.00212. The number of hydrogen-bond donors (Lipinski definition) is 1. The molecule has 0 spiro atoms. The minimum atomic E-state index is -0.391. The van der Waals surface area contributed by atoms with Gasteiger partial charge in [0.15, 0.2) is 0 Å². The molecule has 0 bridgehead atoms. The summed E-state index contributed by atoms with van der Waals surface area (Å²) in [5.74, 6) is 0.462. The van der Waals surface area contributed by atoms with Crippen molar-refractivity contribution in [2.24, 2.45) is 5.92 Å². The van der Waals surface area contributed by atoms with Crippen LogP contribution in [-0.4, -0.2) is 23.9 Å². The van der Waals surface area contributed by atoms with E-state index in [-0.39, 0.29) is 11.5 Å². The zero-order chi connectivity index (χ0) is 14.0. The van der Waals surface area contributed by atoms with Gasteiger partial charge in [0, 0.05) is 13.0 Å². The molecule has 0 saturated carbocycles. The lowest BCUT2D eigenvalue weighted by atomic mass is 9.86. The highest BCUT2D eigenvalue weighted by Crippen LogP contribution is 2.26. The molecule has 1 N–H and O–H groups in total. The molecular formula is C17H26O2. The lowest BCUT2D eigenvalue weighted by molar-refractivity contribution is -0.0157. The van der Waals surface area contributed by atoms with Crippen LogP contribution in [0.3, 0.4) is 0 Å². The molecule has 0 aromatic heterocycles. The van der Waals surface area contributed by atoms with E-state index in [2.05, 4.69) is 52.0 Å². The average Bonchev–Trinajstić information content (AvgIpc) is 2.75. The number of benzene rings is 1. The molecule has 3 unspecified atom stereocenters. The number of hydrogen-bond acceptors (Lipinski definition) is 2. The van der Waals surface area contributed by atoms with Crippen molar-refractivity contribution >= 4 is 0 Å². The molecule has 1 saturated heterocycles. The maximum absolute atomic E-state index is 10.3. The van der Waals surface area contributed by atoms with Crippen molar-refractivity contribution in [1.29, 1.82) is 0 Å². The van der Waals surface area contributed by atoms with Crippen molar-refractivity contribution in [3.63, 3.8) is 0 Å². The van der Waals surface area contributed by atoms with Gasteiger partial charge in [-0.25, -0.2) is 0 Å². The maximum Gasteiger partial charge on any atom is 0.0863 e. The van der Waals surface area contributed by atoms with E-state index < -0.39 is 6.10 Å². The van der Waals surface area contributed by atoms with Crippen LogP contribution in [0.4, 0.5) is 0 Å². The first-order valence-electron chi connectivity index (χ1n) is 7.27. The van der Waals surface area contributed by atoms with E-state index in [1.165, 1.54) is 11.1 Å². The molecule has 0 aliphatic carbocycles. The predicted octanol–water partition coefficient (Wildman–Crippen LogP) is 3.31. The van der Waals surface area contributed by atoms with E-state index in [0.717, 1.165) is 13.0 Å². The molecule has 2 nitrogen and oxygen atoms in total. The lowest BCUT2D eigenvalue weighted by Crippen LogP contribution is -2.31. The molecule has 1 aliphatic rings. The van der Waals surface area contributed by atoms with Gasteiger partial charge in [-0.3, -0.25) is 0 Å². The molecule has 106 valence electrons. The van der Waals surface area contributed by atoms with Crippen molar-refractivity contribution in [2.75, 3.05) is 6.61 Å². The van der Waals surface area contributed by atoms with Gasteiger partial charge in [-0.05, 0) is 28.9 Å². The van der Waals surface area contributed by atoms with E-state index >= 15 is 0 Å². The first kappa shape index (κ1) is 14.5. The van der Waals surface area contributed by atoms with Crippen molar-refractivity contribution in [2.45, 2.75) is 58.2 Å². The second-order valence-electron chi connectivity index (χ2n) is 6.82. The van der Waals surface area contributed by atoms with Gasteiger partial charge < -0.3 is 9.84 Å². The normalized spacial score (nSPS) is 25.5. The summed E-state index contributed by atoms with van der Waals surface area (Å²) < 4.78 is 5.63. The van der Waals surface area contributed by atoms with Crippen molar-refractivity contribution in [3.8, 4) is 0 Å². The van der Waals surface area contributed by atoms with Crippen LogP contribution >= 0.6 is 0 Å². The van der Waals surface area contributed by atoms with Crippen molar-refractivity contribution in [3.05, 3.63) is 35.4 Å². The first-order chi connectivity index (χ1) is 8.88. The Bertz CT molecular complexity index is 402. The highest BCUT2D eigenvalue weighted by molar-refractivity contribution is 5.28. The minimum Gasteiger partial charge on any atom is -0.390 e. The Morgan fingerprint density at radius 3 is 2.37 bits per heavy atom. The second-order valence-corrected chi connectivity index (χ2v) is 6.82. The van der Waals surface area contributed by atoms with Crippen molar-refractivity contribution < 1.29 is 9.84 Å². The third-order valence-electron chi connectivity index (χ3n) is 4.09. The van der Waals surface area contributed by atoms with Crippen LogP contribution in [0.5, 0.6) is 0 Å². The summed E-state index contributed by atoms with van der Waals surface area (Å²) in [6.07, 6.45) is 1.35. The number of ether oxygens (including phenoxy) is 1. The van der Waals surface area contributed by atoms with E-state index in [0.29, 0.717) is 12.3 Å². The molecule has 0 amide bonds. The van der Waals surface area contributed by atoms with E-state index in [1.54, 1.807) is 0 Å². The number of aliphatic hydroxyl groups excluding tert-OH is 1. The van der Waals surface area contributed by atoms with Crippen molar-refractivity contribution in [1.82, 2.24) is 0 Å². The summed E-state index contributed by atoms with van der Waals surface area (Å²) >= 11 is 0. The lowest BCUT2D eigenvalue weighted by Gasteiger charge is -2.22. The largest absolute Gasteiger partial charge is 0.390 e. The standard InChI is InChI=1S/C17H26O2/c1-12-9-10-19-16(12)15(18)11-13-5-7-14(8-6-13)17(2,3)4/h5-8,12,15-16,18H,9-11H2,1-4H3. The Morgan fingerprint density at radius 2 is 1.89 bits per heavy atom. The van der Waals surface area contributed by atoms with Gasteiger partial charge in [0.25, 0.3) is 0 Å². The summed E-state index contributed by atoms with van der Waals surface area (Å²) in [7, 11) is 0. The molecule has 3 atom stereocenters. The second kappa shape index (κ2) is 5.64. The van der Waals surface area contributed by atoms with Gasteiger partial charge in [-0.2, -0.15) is 0 Å². The third kappa shape index (κ3) is 3.58. The fourth-order valence-electron chi connectivity index (χ4n) is 2.71. The SMILES string of the molecule is CC1CCOC1C(O)Cc1ccc(C(C)(C)C)cc1. The third-order valence-corrected chi connectivity index (χ3v) is 4.09. The number of rotatable bonds is 3. The first-order valence-corrected chi connectivity index (χ1v) is 7.27. The van der Waals surface area contributed by atoms with Crippen LogP contribution in [0.15, 0.2) is 24.3 Å². The van der Waals surface area contributed by atoms with Crippen LogP contribution < -0.4 is 0 Å². The van der Waals surface area contributed by atoms with Gasteiger partial charge in [0.05, 0.1) is 12.2 Å². The van der Waals surface area contributed by atoms with Crippen LogP contribution in [-0.2, 0) is 16.6 Å². The average molecular weight is 262 g/mol. The highest BCUT2D eigenvalue weighted by atomic mass is 16.5. The topological polar surface area (TPSA) is 29.5 Å². The van der Waals surface area contributed by atoms with E-state index in [4.69, 9.17) is 4.74 Å². The predicted molar refractivity (Wildman–Crippen MR) is 78.4 cm³/mol.